The molecule has 8 heteroatoms. The van der Waals surface area contributed by atoms with Gasteiger partial charge in [0.2, 0.25) is 5.91 Å². The molecule has 4 heterocycles. The van der Waals surface area contributed by atoms with Gasteiger partial charge in [0.25, 0.3) is 0 Å². The van der Waals surface area contributed by atoms with Gasteiger partial charge in [-0.15, -0.1) is 0 Å². The molecular formula is C25H27N7O. The highest BCUT2D eigenvalue weighted by Gasteiger charge is 2.32. The van der Waals surface area contributed by atoms with E-state index in [1.807, 2.05) is 35.8 Å². The number of nitrogen functional groups attached to an aromatic ring is 1. The molecule has 1 amide bonds. The number of nitrogens with two attached hydrogens (primary N) is 1. The van der Waals surface area contributed by atoms with Crippen molar-refractivity contribution in [1.29, 1.82) is 0 Å². The summed E-state index contributed by atoms with van der Waals surface area (Å²) in [5.41, 5.74) is 12.6. The molecule has 1 aliphatic heterocycles. The summed E-state index contributed by atoms with van der Waals surface area (Å²) < 4.78 is 4.04. The molecule has 0 bridgehead atoms. The van der Waals surface area contributed by atoms with Gasteiger partial charge in [-0.25, -0.2) is 9.97 Å². The van der Waals surface area contributed by atoms with Gasteiger partial charge in [-0.2, -0.15) is 5.10 Å². The Bertz CT molecular complexity index is 1350. The van der Waals surface area contributed by atoms with E-state index in [2.05, 4.69) is 50.5 Å². The first-order chi connectivity index (χ1) is 16.0. The van der Waals surface area contributed by atoms with Gasteiger partial charge < -0.3 is 15.2 Å². The lowest BCUT2D eigenvalue weighted by molar-refractivity contribution is -0.125. The molecule has 0 spiro atoms. The largest absolute Gasteiger partial charge is 0.383 e. The van der Waals surface area contributed by atoms with Crippen LogP contribution in [-0.4, -0.2) is 48.2 Å². The lowest BCUT2D eigenvalue weighted by atomic mass is 9.94. The third kappa shape index (κ3) is 3.67. The second-order valence-electron chi connectivity index (χ2n) is 8.60. The number of anilines is 1. The van der Waals surface area contributed by atoms with Gasteiger partial charge in [-0.1, -0.05) is 30.8 Å². The maximum atomic E-state index is 12.2. The number of fused-ring (bicyclic) bond motifs is 1. The van der Waals surface area contributed by atoms with Gasteiger partial charge in [0.1, 0.15) is 17.8 Å². The number of hydrogen-bond acceptors (Lipinski definition) is 5. The summed E-state index contributed by atoms with van der Waals surface area (Å²) in [6.07, 6.45) is 5.75. The third-order valence-electron chi connectivity index (χ3n) is 6.46. The summed E-state index contributed by atoms with van der Waals surface area (Å²) in [5.74, 6) is 0.606. The van der Waals surface area contributed by atoms with Crippen LogP contribution in [0.3, 0.4) is 0 Å². The van der Waals surface area contributed by atoms with Crippen LogP contribution in [0.25, 0.3) is 22.2 Å². The lowest BCUT2D eigenvalue weighted by Crippen LogP contribution is -2.26. The first-order valence-electron chi connectivity index (χ1n) is 11.1. The standard InChI is InChI=1S/C25H27N7O/c1-4-20(33)31-11-10-19(14-31)23-21(22-24(26)27-15-28-25(22)30(23)3)18-7-5-17(6-8-18)13-32-12-9-16(2)29-32/h4-9,12,15,19H,1,10-11,13-14H2,2-3H3,(H2,26,27,28). The molecule has 8 nitrogen and oxygen atoms in total. The molecule has 0 aliphatic carbocycles. The van der Waals surface area contributed by atoms with Crippen LogP contribution in [-0.2, 0) is 18.4 Å². The summed E-state index contributed by atoms with van der Waals surface area (Å²) >= 11 is 0. The monoisotopic (exact) mass is 441 g/mol. The smallest absolute Gasteiger partial charge is 0.245 e. The molecular weight excluding hydrogens is 414 g/mol. The van der Waals surface area contributed by atoms with Crippen molar-refractivity contribution in [2.24, 2.45) is 7.05 Å². The highest BCUT2D eigenvalue weighted by atomic mass is 16.2. The Morgan fingerprint density at radius 3 is 2.73 bits per heavy atom. The van der Waals surface area contributed by atoms with Crippen molar-refractivity contribution in [3.05, 3.63) is 72.5 Å². The Labute approximate surface area is 192 Å². The SMILES string of the molecule is C=CC(=O)N1CCC(c2c(-c3ccc(Cn4ccc(C)n4)cc3)c3c(N)ncnc3n2C)C1. The van der Waals surface area contributed by atoms with Crippen molar-refractivity contribution in [3.63, 3.8) is 0 Å². The fraction of sp³-hybridized carbons (Fsp3) is 0.280. The topological polar surface area (TPSA) is 94.9 Å². The number of benzene rings is 1. The molecule has 33 heavy (non-hydrogen) atoms. The molecule has 1 aromatic carbocycles. The Morgan fingerprint density at radius 1 is 1.24 bits per heavy atom. The normalized spacial score (nSPS) is 15.9. The highest BCUT2D eigenvalue weighted by Crippen LogP contribution is 2.42. The molecule has 168 valence electrons. The number of aromatic nitrogens is 5. The number of nitrogens with zero attached hydrogens (tertiary/aromatic N) is 6. The Hall–Kier alpha value is -3.94. The van der Waals surface area contributed by atoms with Crippen LogP contribution in [0.1, 0.15) is 29.3 Å². The van der Waals surface area contributed by atoms with Gasteiger partial charge in [0.15, 0.2) is 0 Å². The minimum absolute atomic E-state index is 0.0321. The van der Waals surface area contributed by atoms with E-state index in [0.29, 0.717) is 25.5 Å². The van der Waals surface area contributed by atoms with Crippen LogP contribution >= 0.6 is 0 Å². The van der Waals surface area contributed by atoms with Crippen LogP contribution in [0.4, 0.5) is 5.82 Å². The highest BCUT2D eigenvalue weighted by molar-refractivity contribution is 6.02. The van der Waals surface area contributed by atoms with Crippen molar-refractivity contribution in [2.45, 2.75) is 25.8 Å². The summed E-state index contributed by atoms with van der Waals surface area (Å²) in [6, 6.07) is 10.5. The number of rotatable bonds is 5. The molecule has 1 fully saturated rings. The van der Waals surface area contributed by atoms with Crippen molar-refractivity contribution < 1.29 is 4.79 Å². The van der Waals surface area contributed by atoms with Gasteiger partial charge in [0.05, 0.1) is 17.6 Å². The van der Waals surface area contributed by atoms with Crippen molar-refractivity contribution in [1.82, 2.24) is 29.2 Å². The van der Waals surface area contributed by atoms with Gasteiger partial charge in [0, 0.05) is 43.5 Å². The molecule has 0 radical (unpaired) electrons. The Kier molecular flexibility index (Phi) is 5.20. The second kappa shape index (κ2) is 8.20. The quantitative estimate of drug-likeness (QED) is 0.480. The Balaban J connectivity index is 1.58. The number of hydrogen-bond donors (Lipinski definition) is 1. The second-order valence-corrected chi connectivity index (χ2v) is 8.60. The zero-order chi connectivity index (χ0) is 23.1. The average Bonchev–Trinajstić information content (AvgIpc) is 3.53. The van der Waals surface area contributed by atoms with Crippen molar-refractivity contribution in [3.8, 4) is 11.1 Å². The number of carbonyl (C=O) groups excluding carboxylic acids is 1. The maximum absolute atomic E-state index is 12.2. The van der Waals surface area contributed by atoms with Crippen LogP contribution in [0.5, 0.6) is 0 Å². The number of carbonyl (C=O) groups is 1. The zero-order valence-corrected chi connectivity index (χ0v) is 18.9. The number of likely N-dealkylation sites (tertiary alicyclic amines) is 1. The minimum Gasteiger partial charge on any atom is -0.383 e. The van der Waals surface area contributed by atoms with Gasteiger partial charge in [-0.3, -0.25) is 9.48 Å². The number of amides is 1. The third-order valence-corrected chi connectivity index (χ3v) is 6.46. The molecule has 5 rings (SSSR count). The molecule has 1 aliphatic rings. The van der Waals surface area contributed by atoms with E-state index in [1.165, 1.54) is 12.4 Å². The first kappa shape index (κ1) is 20.9. The van der Waals surface area contributed by atoms with E-state index in [4.69, 9.17) is 5.73 Å². The van der Waals surface area contributed by atoms with E-state index < -0.39 is 0 Å². The van der Waals surface area contributed by atoms with E-state index in [-0.39, 0.29) is 11.8 Å². The summed E-state index contributed by atoms with van der Waals surface area (Å²) in [6.45, 7) is 7.69. The fourth-order valence-corrected chi connectivity index (χ4v) is 4.89. The first-order valence-corrected chi connectivity index (χ1v) is 11.1. The Morgan fingerprint density at radius 2 is 2.03 bits per heavy atom. The summed E-state index contributed by atoms with van der Waals surface area (Å²) in [7, 11) is 2.01. The van der Waals surface area contributed by atoms with Crippen LogP contribution in [0.15, 0.2) is 55.5 Å². The lowest BCUT2D eigenvalue weighted by Gasteiger charge is -2.17. The van der Waals surface area contributed by atoms with E-state index in [0.717, 1.165) is 45.5 Å². The van der Waals surface area contributed by atoms with Crippen LogP contribution < -0.4 is 5.73 Å². The average molecular weight is 442 g/mol. The zero-order valence-electron chi connectivity index (χ0n) is 18.9. The van der Waals surface area contributed by atoms with Crippen molar-refractivity contribution in [2.75, 3.05) is 18.8 Å². The molecule has 1 saturated heterocycles. The minimum atomic E-state index is -0.0321. The van der Waals surface area contributed by atoms with Crippen LogP contribution in [0, 0.1) is 6.92 Å². The van der Waals surface area contributed by atoms with E-state index in [1.54, 1.807) is 0 Å². The maximum Gasteiger partial charge on any atom is 0.245 e. The van der Waals surface area contributed by atoms with Crippen molar-refractivity contribution >= 4 is 22.8 Å². The number of aryl methyl sites for hydroxylation is 2. The summed E-state index contributed by atoms with van der Waals surface area (Å²) in [5, 5.41) is 5.34. The molecule has 2 N–H and O–H groups in total. The predicted octanol–water partition coefficient (Wildman–Crippen LogP) is 3.27. The predicted molar refractivity (Wildman–Crippen MR) is 129 cm³/mol. The van der Waals surface area contributed by atoms with Gasteiger partial charge in [-0.05, 0) is 36.6 Å². The molecule has 3 aromatic heterocycles. The summed E-state index contributed by atoms with van der Waals surface area (Å²) in [4.78, 5) is 22.8. The van der Waals surface area contributed by atoms with Crippen LogP contribution in [0.2, 0.25) is 0 Å². The fourth-order valence-electron chi connectivity index (χ4n) is 4.89. The van der Waals surface area contributed by atoms with Gasteiger partial charge >= 0.3 is 0 Å². The molecule has 0 saturated carbocycles. The molecule has 1 unspecified atom stereocenters. The van der Waals surface area contributed by atoms with E-state index in [9.17, 15) is 4.79 Å². The molecule has 4 aromatic rings. The van der Waals surface area contributed by atoms with E-state index >= 15 is 0 Å². The molecule has 1 atom stereocenters.